The molecule has 0 bridgehead atoms. The van der Waals surface area contributed by atoms with Crippen LogP contribution in [0.5, 0.6) is 0 Å². The monoisotopic (exact) mass is 416 g/mol. The van der Waals surface area contributed by atoms with Crippen LogP contribution in [0.25, 0.3) is 22.0 Å². The third kappa shape index (κ3) is 4.36. The number of hydrogen-bond donors (Lipinski definition) is 2. The fourth-order valence-corrected chi connectivity index (χ4v) is 3.83. The maximum Gasteiger partial charge on any atom is 0.255 e. The van der Waals surface area contributed by atoms with Gasteiger partial charge in [0.05, 0.1) is 0 Å². The maximum atomic E-state index is 12.7. The van der Waals surface area contributed by atoms with E-state index in [1.807, 2.05) is 43.5 Å². The zero-order chi connectivity index (χ0) is 21.1. The Morgan fingerprint density at radius 3 is 2.57 bits per heavy atom. The fourth-order valence-electron chi connectivity index (χ4n) is 3.02. The van der Waals surface area contributed by atoms with Crippen LogP contribution in [0.1, 0.15) is 28.7 Å². The molecule has 0 atom stereocenters. The fraction of sp³-hybridized carbons (Fsp3) is 0.130. The van der Waals surface area contributed by atoms with Crippen molar-refractivity contribution in [2.75, 3.05) is 5.32 Å². The van der Waals surface area contributed by atoms with Crippen molar-refractivity contribution < 1.29 is 4.79 Å². The van der Waals surface area contributed by atoms with E-state index in [-0.39, 0.29) is 11.5 Å². The molecule has 0 saturated heterocycles. The molecule has 0 spiro atoms. The van der Waals surface area contributed by atoms with Crippen molar-refractivity contribution in [3.63, 3.8) is 0 Å². The summed E-state index contributed by atoms with van der Waals surface area (Å²) in [5, 5.41) is 5.84. The number of amides is 1. The van der Waals surface area contributed by atoms with Crippen LogP contribution in [0.3, 0.4) is 0 Å². The molecule has 0 radical (unpaired) electrons. The first kappa shape index (κ1) is 19.7. The van der Waals surface area contributed by atoms with Gasteiger partial charge in [0.1, 0.15) is 10.8 Å². The third-order valence-electron chi connectivity index (χ3n) is 4.56. The molecule has 1 amide bonds. The third-order valence-corrected chi connectivity index (χ3v) is 5.57. The van der Waals surface area contributed by atoms with Gasteiger partial charge in [-0.15, -0.1) is 11.3 Å². The molecule has 7 heteroatoms. The van der Waals surface area contributed by atoms with Crippen LogP contribution < -0.4 is 10.9 Å². The summed E-state index contributed by atoms with van der Waals surface area (Å²) in [4.78, 5) is 36.2. The van der Waals surface area contributed by atoms with E-state index in [1.165, 1.54) is 6.07 Å². The van der Waals surface area contributed by atoms with Crippen molar-refractivity contribution in [1.82, 2.24) is 15.0 Å². The van der Waals surface area contributed by atoms with E-state index in [1.54, 1.807) is 35.6 Å². The molecule has 0 saturated carbocycles. The average molecular weight is 417 g/mol. The van der Waals surface area contributed by atoms with E-state index in [2.05, 4.69) is 20.3 Å². The number of thiazole rings is 1. The van der Waals surface area contributed by atoms with Crippen LogP contribution in [0.15, 0.2) is 64.8 Å². The Bertz CT molecular complexity index is 1260. The van der Waals surface area contributed by atoms with Gasteiger partial charge in [0.15, 0.2) is 0 Å². The molecule has 2 aromatic carbocycles. The normalized spacial score (nSPS) is 10.7. The van der Waals surface area contributed by atoms with Crippen LogP contribution in [0.2, 0.25) is 0 Å². The summed E-state index contributed by atoms with van der Waals surface area (Å²) in [7, 11) is 0. The molecule has 0 fully saturated rings. The van der Waals surface area contributed by atoms with Gasteiger partial charge in [-0.05, 0) is 37.6 Å². The molecule has 0 unspecified atom stereocenters. The number of aromatic amines is 1. The zero-order valence-corrected chi connectivity index (χ0v) is 17.4. The standard InChI is InChI=1S/C23H20N4O2S/c1-3-18-12-20(28)27-21(25-18)17-5-4-6-19(11-17)26-22(29)15-7-9-16(10-8-15)23-24-14(2)13-30-23/h4-13H,3H2,1-2H3,(H,26,29)(H,25,27,28). The summed E-state index contributed by atoms with van der Waals surface area (Å²) in [5.41, 5.74) is 4.41. The lowest BCUT2D eigenvalue weighted by Crippen LogP contribution is -2.12. The molecular weight excluding hydrogens is 396 g/mol. The minimum absolute atomic E-state index is 0.193. The molecular formula is C23H20N4O2S. The van der Waals surface area contributed by atoms with Crippen molar-refractivity contribution in [2.24, 2.45) is 0 Å². The van der Waals surface area contributed by atoms with Gasteiger partial charge in [-0.3, -0.25) is 9.59 Å². The van der Waals surface area contributed by atoms with Crippen molar-refractivity contribution in [1.29, 1.82) is 0 Å². The van der Waals surface area contributed by atoms with Crippen LogP contribution in [0.4, 0.5) is 5.69 Å². The maximum absolute atomic E-state index is 12.7. The number of aromatic nitrogens is 3. The Kier molecular flexibility index (Phi) is 5.54. The Balaban J connectivity index is 1.53. The number of carbonyl (C=O) groups is 1. The average Bonchev–Trinajstić information content (AvgIpc) is 3.20. The molecule has 2 heterocycles. The Labute approximate surface area is 177 Å². The number of nitrogens with one attached hydrogen (secondary N) is 2. The number of benzene rings is 2. The first-order chi connectivity index (χ1) is 14.5. The number of rotatable bonds is 5. The lowest BCUT2D eigenvalue weighted by Gasteiger charge is -2.08. The predicted molar refractivity (Wildman–Crippen MR) is 120 cm³/mol. The number of carbonyl (C=O) groups excluding carboxylic acids is 1. The van der Waals surface area contributed by atoms with Crippen LogP contribution in [-0.2, 0) is 6.42 Å². The van der Waals surface area contributed by atoms with Gasteiger partial charge < -0.3 is 10.3 Å². The summed E-state index contributed by atoms with van der Waals surface area (Å²) in [5.74, 6) is 0.274. The first-order valence-corrected chi connectivity index (χ1v) is 10.4. The molecule has 6 nitrogen and oxygen atoms in total. The van der Waals surface area contributed by atoms with Crippen molar-refractivity contribution in [2.45, 2.75) is 20.3 Å². The number of H-pyrrole nitrogens is 1. The lowest BCUT2D eigenvalue weighted by molar-refractivity contribution is 0.102. The van der Waals surface area contributed by atoms with Gasteiger partial charge in [-0.25, -0.2) is 9.97 Å². The smallest absolute Gasteiger partial charge is 0.255 e. The SMILES string of the molecule is CCc1cc(=O)[nH]c(-c2cccc(NC(=O)c3ccc(-c4nc(C)cs4)cc3)c2)n1. The topological polar surface area (TPSA) is 87.7 Å². The van der Waals surface area contributed by atoms with E-state index >= 15 is 0 Å². The Morgan fingerprint density at radius 1 is 1.07 bits per heavy atom. The van der Waals surface area contributed by atoms with Gasteiger partial charge in [-0.1, -0.05) is 31.2 Å². The van der Waals surface area contributed by atoms with E-state index < -0.39 is 0 Å². The summed E-state index contributed by atoms with van der Waals surface area (Å²) < 4.78 is 0. The quantitative estimate of drug-likeness (QED) is 0.494. The molecule has 0 aliphatic heterocycles. The molecule has 0 aliphatic carbocycles. The van der Waals surface area contributed by atoms with E-state index in [4.69, 9.17) is 0 Å². The van der Waals surface area contributed by atoms with Crippen molar-refractivity contribution >= 4 is 22.9 Å². The minimum Gasteiger partial charge on any atom is -0.322 e. The van der Waals surface area contributed by atoms with Gasteiger partial charge in [0, 0.05) is 45.2 Å². The highest BCUT2D eigenvalue weighted by Crippen LogP contribution is 2.24. The van der Waals surface area contributed by atoms with Crippen molar-refractivity contribution in [3.05, 3.63) is 87.3 Å². The second-order valence-electron chi connectivity index (χ2n) is 6.85. The Morgan fingerprint density at radius 2 is 1.87 bits per heavy atom. The highest BCUT2D eigenvalue weighted by Gasteiger charge is 2.10. The minimum atomic E-state index is -0.210. The summed E-state index contributed by atoms with van der Waals surface area (Å²) in [6.45, 7) is 3.91. The predicted octanol–water partition coefficient (Wildman–Crippen LogP) is 4.68. The van der Waals surface area contributed by atoms with Crippen LogP contribution >= 0.6 is 11.3 Å². The molecule has 150 valence electrons. The molecule has 4 rings (SSSR count). The summed E-state index contributed by atoms with van der Waals surface area (Å²) in [6, 6.07) is 16.1. The van der Waals surface area contributed by atoms with E-state index in [0.717, 1.165) is 27.5 Å². The zero-order valence-electron chi connectivity index (χ0n) is 16.6. The first-order valence-electron chi connectivity index (χ1n) is 9.56. The number of nitrogens with zero attached hydrogens (tertiary/aromatic N) is 2. The van der Waals surface area contributed by atoms with E-state index in [9.17, 15) is 9.59 Å². The van der Waals surface area contributed by atoms with Crippen LogP contribution in [-0.4, -0.2) is 20.9 Å². The highest BCUT2D eigenvalue weighted by molar-refractivity contribution is 7.13. The van der Waals surface area contributed by atoms with E-state index in [0.29, 0.717) is 23.5 Å². The number of hydrogen-bond acceptors (Lipinski definition) is 5. The van der Waals surface area contributed by atoms with Gasteiger partial charge in [0.25, 0.3) is 11.5 Å². The largest absolute Gasteiger partial charge is 0.322 e. The molecule has 30 heavy (non-hydrogen) atoms. The molecule has 2 aromatic heterocycles. The number of aryl methyl sites for hydroxylation is 2. The van der Waals surface area contributed by atoms with Gasteiger partial charge >= 0.3 is 0 Å². The lowest BCUT2D eigenvalue weighted by atomic mass is 10.1. The highest BCUT2D eigenvalue weighted by atomic mass is 32.1. The molecule has 0 aliphatic rings. The van der Waals surface area contributed by atoms with Gasteiger partial charge in [-0.2, -0.15) is 0 Å². The van der Waals surface area contributed by atoms with Crippen LogP contribution in [0, 0.1) is 6.92 Å². The second-order valence-corrected chi connectivity index (χ2v) is 7.70. The molecule has 4 aromatic rings. The second kappa shape index (κ2) is 8.42. The Hall–Kier alpha value is -3.58. The number of anilines is 1. The van der Waals surface area contributed by atoms with Crippen molar-refractivity contribution in [3.8, 4) is 22.0 Å². The molecule has 2 N–H and O–H groups in total. The summed E-state index contributed by atoms with van der Waals surface area (Å²) in [6.07, 6.45) is 0.671. The van der Waals surface area contributed by atoms with Gasteiger partial charge in [0.2, 0.25) is 0 Å². The summed E-state index contributed by atoms with van der Waals surface area (Å²) >= 11 is 1.58.